The molecule has 98 valence electrons. The standard InChI is InChI=1S/C16H14N4/c1-3-7-14(8-4-1)19-17-13-16-11-12-18-20(16)15-9-5-2-6-10-15/h1-13,19H/b17-13+. The fraction of sp³-hybridized carbons (Fsp3) is 0. The quantitative estimate of drug-likeness (QED) is 0.579. The van der Waals surface area contributed by atoms with E-state index in [1.165, 1.54) is 0 Å². The highest BCUT2D eigenvalue weighted by molar-refractivity contribution is 5.78. The van der Waals surface area contributed by atoms with Gasteiger partial charge in [0.25, 0.3) is 0 Å². The van der Waals surface area contributed by atoms with Crippen LogP contribution in [-0.2, 0) is 0 Å². The summed E-state index contributed by atoms with van der Waals surface area (Å²) in [4.78, 5) is 0. The lowest BCUT2D eigenvalue weighted by Gasteiger charge is -2.03. The summed E-state index contributed by atoms with van der Waals surface area (Å²) in [7, 11) is 0. The number of benzene rings is 2. The first-order valence-corrected chi connectivity index (χ1v) is 6.37. The van der Waals surface area contributed by atoms with E-state index in [0.717, 1.165) is 17.1 Å². The Morgan fingerprint density at radius 1 is 0.900 bits per heavy atom. The molecule has 20 heavy (non-hydrogen) atoms. The molecule has 0 aliphatic rings. The minimum Gasteiger partial charge on any atom is -0.278 e. The molecule has 2 aromatic carbocycles. The topological polar surface area (TPSA) is 42.2 Å². The van der Waals surface area contributed by atoms with Crippen LogP contribution in [0, 0.1) is 0 Å². The van der Waals surface area contributed by atoms with E-state index in [4.69, 9.17) is 0 Å². The van der Waals surface area contributed by atoms with E-state index in [1.54, 1.807) is 12.4 Å². The van der Waals surface area contributed by atoms with E-state index >= 15 is 0 Å². The molecule has 0 radical (unpaired) electrons. The molecule has 0 saturated carbocycles. The van der Waals surface area contributed by atoms with Gasteiger partial charge in [0.1, 0.15) is 0 Å². The molecule has 3 aromatic rings. The number of nitrogens with zero attached hydrogens (tertiary/aromatic N) is 3. The van der Waals surface area contributed by atoms with Crippen LogP contribution in [-0.4, -0.2) is 16.0 Å². The van der Waals surface area contributed by atoms with Gasteiger partial charge in [-0.2, -0.15) is 10.2 Å². The van der Waals surface area contributed by atoms with Crippen LogP contribution in [0.3, 0.4) is 0 Å². The van der Waals surface area contributed by atoms with E-state index in [9.17, 15) is 0 Å². The van der Waals surface area contributed by atoms with Gasteiger partial charge in [-0.3, -0.25) is 5.43 Å². The van der Waals surface area contributed by atoms with E-state index in [0.29, 0.717) is 0 Å². The highest BCUT2D eigenvalue weighted by atomic mass is 15.3. The minimum absolute atomic E-state index is 0.916. The number of nitrogens with one attached hydrogen (secondary N) is 1. The maximum atomic E-state index is 4.31. The molecule has 1 aromatic heterocycles. The molecule has 1 N–H and O–H groups in total. The lowest BCUT2D eigenvalue weighted by molar-refractivity contribution is 0.873. The average Bonchev–Trinajstić information content (AvgIpc) is 2.98. The second-order valence-electron chi connectivity index (χ2n) is 4.24. The summed E-state index contributed by atoms with van der Waals surface area (Å²) in [6, 6.07) is 21.7. The molecule has 4 nitrogen and oxygen atoms in total. The van der Waals surface area contributed by atoms with Crippen LogP contribution < -0.4 is 5.43 Å². The minimum atomic E-state index is 0.916. The summed E-state index contributed by atoms with van der Waals surface area (Å²) in [5, 5.41) is 8.54. The van der Waals surface area contributed by atoms with Crippen molar-refractivity contribution in [2.75, 3.05) is 5.43 Å². The molecule has 0 bridgehead atoms. The molecule has 0 atom stereocenters. The summed E-state index contributed by atoms with van der Waals surface area (Å²) in [5.41, 5.74) is 5.87. The van der Waals surface area contributed by atoms with Gasteiger partial charge in [0.15, 0.2) is 0 Å². The van der Waals surface area contributed by atoms with Gasteiger partial charge in [-0.1, -0.05) is 36.4 Å². The molecule has 0 saturated heterocycles. The molecule has 0 fully saturated rings. The summed E-state index contributed by atoms with van der Waals surface area (Å²) >= 11 is 0. The van der Waals surface area contributed by atoms with Crippen LogP contribution in [0.15, 0.2) is 78.0 Å². The zero-order valence-electron chi connectivity index (χ0n) is 10.8. The van der Waals surface area contributed by atoms with Gasteiger partial charge in [0, 0.05) is 0 Å². The first-order valence-electron chi connectivity index (χ1n) is 6.37. The monoisotopic (exact) mass is 262 g/mol. The van der Waals surface area contributed by atoms with E-state index in [1.807, 2.05) is 71.4 Å². The fourth-order valence-electron chi connectivity index (χ4n) is 1.88. The highest BCUT2D eigenvalue weighted by Gasteiger charge is 2.01. The Morgan fingerprint density at radius 3 is 2.35 bits per heavy atom. The second kappa shape index (κ2) is 5.84. The molecule has 1 heterocycles. The van der Waals surface area contributed by atoms with Crippen molar-refractivity contribution in [3.05, 3.63) is 78.6 Å². The molecular weight excluding hydrogens is 248 g/mol. The van der Waals surface area contributed by atoms with Crippen molar-refractivity contribution < 1.29 is 0 Å². The van der Waals surface area contributed by atoms with Crippen molar-refractivity contribution in [3.8, 4) is 5.69 Å². The zero-order chi connectivity index (χ0) is 13.6. The number of para-hydroxylation sites is 2. The fourth-order valence-corrected chi connectivity index (χ4v) is 1.88. The van der Waals surface area contributed by atoms with Gasteiger partial charge in [-0.05, 0) is 30.3 Å². The Hall–Kier alpha value is -2.88. The van der Waals surface area contributed by atoms with Crippen LogP contribution in [0.4, 0.5) is 5.69 Å². The first kappa shape index (κ1) is 12.2. The lowest BCUT2D eigenvalue weighted by Crippen LogP contribution is -2.02. The Balaban J connectivity index is 1.77. The van der Waals surface area contributed by atoms with E-state index in [2.05, 4.69) is 15.6 Å². The summed E-state index contributed by atoms with van der Waals surface area (Å²) < 4.78 is 1.84. The number of hydrogen-bond donors (Lipinski definition) is 1. The average molecular weight is 262 g/mol. The van der Waals surface area contributed by atoms with Crippen molar-refractivity contribution in [1.29, 1.82) is 0 Å². The molecule has 0 amide bonds. The summed E-state index contributed by atoms with van der Waals surface area (Å²) in [6.45, 7) is 0. The molecule has 0 aliphatic carbocycles. The number of anilines is 1. The normalized spacial score (nSPS) is 10.8. The van der Waals surface area contributed by atoms with Crippen LogP contribution in [0.1, 0.15) is 5.69 Å². The van der Waals surface area contributed by atoms with Crippen molar-refractivity contribution in [3.63, 3.8) is 0 Å². The van der Waals surface area contributed by atoms with Crippen LogP contribution in [0.25, 0.3) is 5.69 Å². The molecule has 3 rings (SSSR count). The maximum absolute atomic E-state index is 4.31. The number of aromatic nitrogens is 2. The summed E-state index contributed by atoms with van der Waals surface area (Å²) in [5.74, 6) is 0. The van der Waals surface area contributed by atoms with Crippen LogP contribution in [0.5, 0.6) is 0 Å². The van der Waals surface area contributed by atoms with E-state index < -0.39 is 0 Å². The van der Waals surface area contributed by atoms with Crippen molar-refractivity contribution in [2.45, 2.75) is 0 Å². The number of hydrogen-bond acceptors (Lipinski definition) is 3. The lowest BCUT2D eigenvalue weighted by atomic mass is 10.3. The van der Waals surface area contributed by atoms with Crippen molar-refractivity contribution in [2.24, 2.45) is 5.10 Å². The smallest absolute Gasteiger partial charge is 0.0869 e. The highest BCUT2D eigenvalue weighted by Crippen LogP contribution is 2.09. The van der Waals surface area contributed by atoms with E-state index in [-0.39, 0.29) is 0 Å². The van der Waals surface area contributed by atoms with Crippen LogP contribution in [0.2, 0.25) is 0 Å². The van der Waals surface area contributed by atoms with Gasteiger partial charge < -0.3 is 0 Å². The third kappa shape index (κ3) is 2.75. The second-order valence-corrected chi connectivity index (χ2v) is 4.24. The third-order valence-corrected chi connectivity index (χ3v) is 2.84. The Kier molecular flexibility index (Phi) is 3.55. The molecule has 0 unspecified atom stereocenters. The van der Waals surface area contributed by atoms with Gasteiger partial charge in [-0.15, -0.1) is 0 Å². The van der Waals surface area contributed by atoms with Gasteiger partial charge >= 0.3 is 0 Å². The molecule has 0 aliphatic heterocycles. The van der Waals surface area contributed by atoms with Crippen molar-refractivity contribution in [1.82, 2.24) is 9.78 Å². The first-order chi connectivity index (χ1) is 9.93. The third-order valence-electron chi connectivity index (χ3n) is 2.84. The van der Waals surface area contributed by atoms with Crippen LogP contribution >= 0.6 is 0 Å². The maximum Gasteiger partial charge on any atom is 0.0869 e. The molecular formula is C16H14N4. The number of hydrazone groups is 1. The Bertz CT molecular complexity index is 687. The number of rotatable bonds is 4. The van der Waals surface area contributed by atoms with Gasteiger partial charge in [0.05, 0.1) is 29.5 Å². The molecule has 4 heteroatoms. The largest absolute Gasteiger partial charge is 0.278 e. The van der Waals surface area contributed by atoms with Crippen molar-refractivity contribution >= 4 is 11.9 Å². The predicted octanol–water partition coefficient (Wildman–Crippen LogP) is 3.32. The summed E-state index contributed by atoms with van der Waals surface area (Å²) in [6.07, 6.45) is 3.52. The van der Waals surface area contributed by atoms with Gasteiger partial charge in [0.2, 0.25) is 0 Å². The van der Waals surface area contributed by atoms with Gasteiger partial charge in [-0.25, -0.2) is 4.68 Å². The Morgan fingerprint density at radius 2 is 1.60 bits per heavy atom. The SMILES string of the molecule is C(=N\Nc1ccccc1)/c1ccnn1-c1ccccc1. The zero-order valence-corrected chi connectivity index (χ0v) is 10.8. The Labute approximate surface area is 117 Å². The predicted molar refractivity (Wildman–Crippen MR) is 81.2 cm³/mol. The molecule has 0 spiro atoms.